The lowest BCUT2D eigenvalue weighted by Gasteiger charge is -2.46. The predicted octanol–water partition coefficient (Wildman–Crippen LogP) is 6.80. The Morgan fingerprint density at radius 2 is 1.25 bits per heavy atom. The highest BCUT2D eigenvalue weighted by Gasteiger charge is 2.44. The lowest BCUT2D eigenvalue weighted by molar-refractivity contribution is -0.124. The Kier molecular flexibility index (Phi) is 11.2. The number of ether oxygens (including phenoxy) is 5. The molecule has 0 N–H and O–H groups in total. The summed E-state index contributed by atoms with van der Waals surface area (Å²) in [6, 6.07) is 40.1. The fraction of sp³-hybridized carbons (Fsp3) is 0.324. The third kappa shape index (κ3) is 7.20. The van der Waals surface area contributed by atoms with Crippen LogP contribution in [0.5, 0.6) is 0 Å². The molecule has 7 nitrogen and oxygen atoms in total. The summed E-state index contributed by atoms with van der Waals surface area (Å²) in [6.45, 7) is 1.04. The van der Waals surface area contributed by atoms with Crippen LogP contribution in [-0.4, -0.2) is 63.4 Å². The number of carbonyl (C=O) groups is 1. The van der Waals surface area contributed by atoms with Crippen molar-refractivity contribution < 1.29 is 28.5 Å². The largest absolute Gasteiger partial charge is 0.453 e. The summed E-state index contributed by atoms with van der Waals surface area (Å²) in [5.74, 6) is 0. The number of nitrogens with zero attached hydrogens (tertiary/aromatic N) is 1. The predicted molar refractivity (Wildman–Crippen MR) is 169 cm³/mol. The molecule has 0 unspecified atom stereocenters. The topological polar surface area (TPSA) is 66.5 Å². The highest BCUT2D eigenvalue weighted by atomic mass is 16.7. The molecule has 0 radical (unpaired) electrons. The van der Waals surface area contributed by atoms with E-state index in [1.807, 2.05) is 84.9 Å². The molecule has 1 heterocycles. The van der Waals surface area contributed by atoms with Crippen LogP contribution in [0.3, 0.4) is 0 Å². The SMILES string of the molecule is COCOC[C@H]1[C@H](OCc2ccccc2)CC[C@H](COC(c2ccccc2)(c2ccccc2)c2ccccc2)N1C(=O)OC. The van der Waals surface area contributed by atoms with Crippen molar-refractivity contribution in [1.82, 2.24) is 4.90 Å². The highest BCUT2D eigenvalue weighted by Crippen LogP contribution is 2.41. The summed E-state index contributed by atoms with van der Waals surface area (Å²) in [5, 5.41) is 0. The van der Waals surface area contributed by atoms with Crippen molar-refractivity contribution in [3.8, 4) is 0 Å². The van der Waals surface area contributed by atoms with E-state index in [4.69, 9.17) is 23.7 Å². The van der Waals surface area contributed by atoms with Gasteiger partial charge in [-0.1, -0.05) is 121 Å². The van der Waals surface area contributed by atoms with Gasteiger partial charge in [0.25, 0.3) is 0 Å². The van der Waals surface area contributed by atoms with E-state index >= 15 is 0 Å². The molecule has 5 rings (SSSR count). The van der Waals surface area contributed by atoms with Gasteiger partial charge in [-0.25, -0.2) is 4.79 Å². The molecule has 0 spiro atoms. The first-order chi connectivity index (χ1) is 21.7. The van der Waals surface area contributed by atoms with Crippen LogP contribution in [0.2, 0.25) is 0 Å². The molecule has 230 valence electrons. The quantitative estimate of drug-likeness (QED) is 0.0962. The van der Waals surface area contributed by atoms with Crippen LogP contribution in [0, 0.1) is 0 Å². The zero-order valence-electron chi connectivity index (χ0n) is 25.4. The van der Waals surface area contributed by atoms with Gasteiger partial charge in [-0.15, -0.1) is 0 Å². The van der Waals surface area contributed by atoms with Gasteiger partial charge in [-0.2, -0.15) is 0 Å². The number of rotatable bonds is 13. The molecule has 1 aliphatic heterocycles. The van der Waals surface area contributed by atoms with E-state index in [1.165, 1.54) is 7.11 Å². The fourth-order valence-electron chi connectivity index (χ4n) is 6.09. The Labute approximate surface area is 260 Å². The Hall–Kier alpha value is -4.01. The lowest BCUT2D eigenvalue weighted by Crippen LogP contribution is -2.60. The second-order valence-electron chi connectivity index (χ2n) is 10.9. The first kappa shape index (κ1) is 31.4. The normalized spacial score (nSPS) is 18.6. The number of benzene rings is 4. The van der Waals surface area contributed by atoms with E-state index in [1.54, 1.807) is 12.0 Å². The highest BCUT2D eigenvalue weighted by molar-refractivity contribution is 5.68. The smallest absolute Gasteiger partial charge is 0.410 e. The van der Waals surface area contributed by atoms with E-state index in [0.717, 1.165) is 28.7 Å². The maximum absolute atomic E-state index is 13.5. The molecule has 1 amide bonds. The number of carbonyl (C=O) groups excluding carboxylic acids is 1. The summed E-state index contributed by atoms with van der Waals surface area (Å²) in [5.41, 5.74) is 3.16. The van der Waals surface area contributed by atoms with Crippen LogP contribution in [0.25, 0.3) is 0 Å². The molecule has 0 bridgehead atoms. The molecule has 0 aliphatic carbocycles. The molecule has 4 aromatic rings. The van der Waals surface area contributed by atoms with E-state index in [2.05, 4.69) is 36.4 Å². The molecule has 0 aromatic heterocycles. The molecular weight excluding hydrogens is 554 g/mol. The minimum absolute atomic E-state index is 0.108. The lowest BCUT2D eigenvalue weighted by atomic mass is 9.80. The first-order valence-electron chi connectivity index (χ1n) is 15.1. The van der Waals surface area contributed by atoms with Gasteiger partial charge in [0, 0.05) is 7.11 Å². The summed E-state index contributed by atoms with van der Waals surface area (Å²) < 4.78 is 29.9. The van der Waals surface area contributed by atoms with Crippen LogP contribution in [0.15, 0.2) is 121 Å². The summed E-state index contributed by atoms with van der Waals surface area (Å²) >= 11 is 0. The number of likely N-dealkylation sites (tertiary alicyclic amines) is 1. The number of piperidine rings is 1. The summed E-state index contributed by atoms with van der Waals surface area (Å²) in [6.07, 6.45) is 0.695. The number of hydrogen-bond donors (Lipinski definition) is 0. The van der Waals surface area contributed by atoms with Crippen molar-refractivity contribution in [2.24, 2.45) is 0 Å². The van der Waals surface area contributed by atoms with Gasteiger partial charge in [-0.05, 0) is 35.1 Å². The van der Waals surface area contributed by atoms with Crippen molar-refractivity contribution in [2.75, 3.05) is 34.2 Å². The molecule has 4 aromatic carbocycles. The molecular formula is C37H41NO6. The van der Waals surface area contributed by atoms with Crippen molar-refractivity contribution in [2.45, 2.75) is 43.2 Å². The van der Waals surface area contributed by atoms with Crippen molar-refractivity contribution in [3.05, 3.63) is 144 Å². The fourth-order valence-corrected chi connectivity index (χ4v) is 6.09. The van der Waals surface area contributed by atoms with Crippen LogP contribution in [-0.2, 0) is 35.9 Å². The zero-order valence-corrected chi connectivity index (χ0v) is 25.4. The monoisotopic (exact) mass is 595 g/mol. The Morgan fingerprint density at radius 1 is 0.727 bits per heavy atom. The second kappa shape index (κ2) is 15.6. The maximum Gasteiger partial charge on any atom is 0.410 e. The van der Waals surface area contributed by atoms with Gasteiger partial charge in [0.15, 0.2) is 0 Å². The Bertz CT molecular complexity index is 1310. The third-order valence-electron chi connectivity index (χ3n) is 8.18. The second-order valence-corrected chi connectivity index (χ2v) is 10.9. The van der Waals surface area contributed by atoms with Crippen molar-refractivity contribution in [1.29, 1.82) is 0 Å². The number of amides is 1. The third-order valence-corrected chi connectivity index (χ3v) is 8.18. The van der Waals surface area contributed by atoms with Crippen LogP contribution >= 0.6 is 0 Å². The van der Waals surface area contributed by atoms with Gasteiger partial charge in [-0.3, -0.25) is 4.90 Å². The molecule has 1 saturated heterocycles. The number of methoxy groups -OCH3 is 2. The van der Waals surface area contributed by atoms with Gasteiger partial charge in [0.1, 0.15) is 12.4 Å². The van der Waals surface area contributed by atoms with E-state index < -0.39 is 17.7 Å². The van der Waals surface area contributed by atoms with Crippen LogP contribution in [0.1, 0.15) is 35.1 Å². The molecule has 1 fully saturated rings. The van der Waals surface area contributed by atoms with Gasteiger partial charge >= 0.3 is 6.09 Å². The van der Waals surface area contributed by atoms with Gasteiger partial charge < -0.3 is 23.7 Å². The van der Waals surface area contributed by atoms with Crippen LogP contribution < -0.4 is 0 Å². The summed E-state index contributed by atoms with van der Waals surface area (Å²) in [7, 11) is 2.99. The van der Waals surface area contributed by atoms with Crippen LogP contribution in [0.4, 0.5) is 4.79 Å². The molecule has 1 aliphatic rings. The average Bonchev–Trinajstić information content (AvgIpc) is 3.09. The van der Waals surface area contributed by atoms with E-state index in [-0.39, 0.29) is 32.2 Å². The molecule has 44 heavy (non-hydrogen) atoms. The Morgan fingerprint density at radius 3 is 1.75 bits per heavy atom. The summed E-state index contributed by atoms with van der Waals surface area (Å²) in [4.78, 5) is 15.2. The van der Waals surface area contributed by atoms with Crippen molar-refractivity contribution >= 4 is 6.09 Å². The minimum atomic E-state index is -0.908. The Balaban J connectivity index is 1.48. The van der Waals surface area contributed by atoms with Crippen molar-refractivity contribution in [3.63, 3.8) is 0 Å². The molecule has 0 saturated carbocycles. The van der Waals surface area contributed by atoms with Gasteiger partial charge in [0.05, 0.1) is 45.1 Å². The first-order valence-corrected chi connectivity index (χ1v) is 15.1. The van der Waals surface area contributed by atoms with Gasteiger partial charge in [0.2, 0.25) is 0 Å². The zero-order chi connectivity index (χ0) is 30.6. The molecule has 3 atom stereocenters. The van der Waals surface area contributed by atoms with E-state index in [9.17, 15) is 4.79 Å². The minimum Gasteiger partial charge on any atom is -0.453 e. The standard InChI is InChI=1S/C37H41NO6/c1-40-28-42-27-34-35(43-25-29-15-7-3-8-16-29)24-23-33(38(34)36(39)41-2)26-44-37(30-17-9-4-10-18-30,31-19-11-5-12-20-31)32-21-13-6-14-22-32/h3-22,33-35H,23-28H2,1-2H3/t33-,34+,35-/m1/s1. The van der Waals surface area contributed by atoms with E-state index in [0.29, 0.717) is 13.0 Å². The maximum atomic E-state index is 13.5. The molecule has 7 heteroatoms. The average molecular weight is 596 g/mol. The number of hydrogen-bond acceptors (Lipinski definition) is 6.